The van der Waals surface area contributed by atoms with Crippen molar-refractivity contribution in [3.05, 3.63) is 0 Å². The standard InChI is InChI=1S/C14H27N3O2/c1-4-11(3)16-13(18)8-9-15-10-14(19)17(5-2)12-6-7-12/h11-12,15H,4-10H2,1-3H3,(H,16,18). The fraction of sp³-hybridized carbons (Fsp3) is 0.857. The summed E-state index contributed by atoms with van der Waals surface area (Å²) in [6.45, 7) is 7.70. The summed E-state index contributed by atoms with van der Waals surface area (Å²) in [5.74, 6) is 0.191. The number of amides is 2. The molecule has 0 spiro atoms. The molecule has 1 fully saturated rings. The number of hydrogen-bond donors (Lipinski definition) is 2. The lowest BCUT2D eigenvalue weighted by molar-refractivity contribution is -0.130. The molecule has 0 saturated heterocycles. The summed E-state index contributed by atoms with van der Waals surface area (Å²) < 4.78 is 0. The van der Waals surface area contributed by atoms with Crippen LogP contribution in [0.3, 0.4) is 0 Å². The lowest BCUT2D eigenvalue weighted by atomic mass is 10.2. The molecule has 1 rings (SSSR count). The molecule has 19 heavy (non-hydrogen) atoms. The van der Waals surface area contributed by atoms with E-state index in [1.54, 1.807) is 0 Å². The van der Waals surface area contributed by atoms with Crippen LogP contribution in [-0.2, 0) is 9.59 Å². The third kappa shape index (κ3) is 6.05. The van der Waals surface area contributed by atoms with E-state index in [1.807, 2.05) is 25.7 Å². The van der Waals surface area contributed by atoms with Crippen LogP contribution < -0.4 is 10.6 Å². The first kappa shape index (κ1) is 16.0. The van der Waals surface area contributed by atoms with Crippen LogP contribution in [-0.4, -0.2) is 48.4 Å². The molecule has 0 bridgehead atoms. The Balaban J connectivity index is 2.09. The lowest BCUT2D eigenvalue weighted by Gasteiger charge is -2.20. The van der Waals surface area contributed by atoms with Gasteiger partial charge in [0.2, 0.25) is 11.8 Å². The van der Waals surface area contributed by atoms with Gasteiger partial charge in [0, 0.05) is 31.6 Å². The maximum Gasteiger partial charge on any atom is 0.236 e. The van der Waals surface area contributed by atoms with Gasteiger partial charge in [-0.2, -0.15) is 0 Å². The Kier molecular flexibility index (Phi) is 6.84. The van der Waals surface area contributed by atoms with Crippen molar-refractivity contribution in [2.75, 3.05) is 19.6 Å². The number of rotatable bonds is 9. The molecule has 5 nitrogen and oxygen atoms in total. The maximum absolute atomic E-state index is 11.9. The van der Waals surface area contributed by atoms with E-state index in [4.69, 9.17) is 0 Å². The van der Waals surface area contributed by atoms with E-state index in [9.17, 15) is 9.59 Å². The fourth-order valence-electron chi connectivity index (χ4n) is 1.97. The predicted molar refractivity (Wildman–Crippen MR) is 75.8 cm³/mol. The molecular formula is C14H27N3O2. The highest BCUT2D eigenvalue weighted by molar-refractivity contribution is 5.79. The van der Waals surface area contributed by atoms with Gasteiger partial charge in [-0.25, -0.2) is 0 Å². The lowest BCUT2D eigenvalue weighted by Crippen LogP contribution is -2.40. The van der Waals surface area contributed by atoms with E-state index < -0.39 is 0 Å². The van der Waals surface area contributed by atoms with Crippen molar-refractivity contribution in [1.82, 2.24) is 15.5 Å². The van der Waals surface area contributed by atoms with Crippen LogP contribution in [0.4, 0.5) is 0 Å². The normalized spacial score (nSPS) is 15.9. The average Bonchev–Trinajstić information content (AvgIpc) is 3.20. The van der Waals surface area contributed by atoms with Gasteiger partial charge in [-0.05, 0) is 33.1 Å². The Morgan fingerprint density at radius 3 is 2.53 bits per heavy atom. The van der Waals surface area contributed by atoms with Crippen molar-refractivity contribution in [2.24, 2.45) is 0 Å². The van der Waals surface area contributed by atoms with E-state index in [0.717, 1.165) is 25.8 Å². The topological polar surface area (TPSA) is 61.4 Å². The molecule has 0 radical (unpaired) electrons. The zero-order valence-corrected chi connectivity index (χ0v) is 12.4. The minimum atomic E-state index is 0.0452. The zero-order chi connectivity index (χ0) is 14.3. The van der Waals surface area contributed by atoms with Crippen molar-refractivity contribution in [3.8, 4) is 0 Å². The Bertz CT molecular complexity index is 303. The molecule has 110 valence electrons. The molecule has 0 aromatic heterocycles. The van der Waals surface area contributed by atoms with Crippen molar-refractivity contribution in [2.45, 2.75) is 58.5 Å². The number of likely N-dealkylation sites (N-methyl/N-ethyl adjacent to an activating group) is 1. The second kappa shape index (κ2) is 8.15. The van der Waals surface area contributed by atoms with Gasteiger partial charge >= 0.3 is 0 Å². The number of hydrogen-bond acceptors (Lipinski definition) is 3. The van der Waals surface area contributed by atoms with Crippen LogP contribution in [0.15, 0.2) is 0 Å². The van der Waals surface area contributed by atoms with E-state index in [0.29, 0.717) is 25.6 Å². The Hall–Kier alpha value is -1.10. The Labute approximate surface area is 116 Å². The summed E-state index contributed by atoms with van der Waals surface area (Å²) in [6, 6.07) is 0.688. The van der Waals surface area contributed by atoms with Gasteiger partial charge in [0.05, 0.1) is 6.54 Å². The third-order valence-corrected chi connectivity index (χ3v) is 3.47. The fourth-order valence-corrected chi connectivity index (χ4v) is 1.97. The smallest absolute Gasteiger partial charge is 0.236 e. The molecule has 1 unspecified atom stereocenters. The van der Waals surface area contributed by atoms with Gasteiger partial charge in [0.15, 0.2) is 0 Å². The van der Waals surface area contributed by atoms with Gasteiger partial charge in [0.25, 0.3) is 0 Å². The Morgan fingerprint density at radius 1 is 1.32 bits per heavy atom. The molecule has 1 atom stereocenters. The van der Waals surface area contributed by atoms with Crippen molar-refractivity contribution >= 4 is 11.8 Å². The molecule has 5 heteroatoms. The summed E-state index contributed by atoms with van der Waals surface area (Å²) in [5, 5.41) is 5.96. The predicted octanol–water partition coefficient (Wildman–Crippen LogP) is 0.892. The first-order valence-electron chi connectivity index (χ1n) is 7.38. The molecule has 2 amide bonds. The van der Waals surface area contributed by atoms with Crippen LogP contribution in [0, 0.1) is 0 Å². The number of carbonyl (C=O) groups excluding carboxylic acids is 2. The first-order chi connectivity index (χ1) is 9.08. The monoisotopic (exact) mass is 269 g/mol. The minimum absolute atomic E-state index is 0.0452. The largest absolute Gasteiger partial charge is 0.354 e. The molecule has 0 heterocycles. The van der Waals surface area contributed by atoms with Gasteiger partial charge in [-0.1, -0.05) is 6.92 Å². The van der Waals surface area contributed by atoms with Crippen LogP contribution in [0.5, 0.6) is 0 Å². The zero-order valence-electron chi connectivity index (χ0n) is 12.4. The molecule has 1 saturated carbocycles. The Morgan fingerprint density at radius 2 is 2.00 bits per heavy atom. The molecule has 2 N–H and O–H groups in total. The number of nitrogens with zero attached hydrogens (tertiary/aromatic N) is 1. The van der Waals surface area contributed by atoms with E-state index >= 15 is 0 Å². The van der Waals surface area contributed by atoms with E-state index in [-0.39, 0.29) is 17.9 Å². The van der Waals surface area contributed by atoms with Crippen molar-refractivity contribution in [1.29, 1.82) is 0 Å². The summed E-state index contributed by atoms with van der Waals surface area (Å²) in [4.78, 5) is 25.3. The van der Waals surface area contributed by atoms with Gasteiger partial charge < -0.3 is 15.5 Å². The second-order valence-corrected chi connectivity index (χ2v) is 5.21. The highest BCUT2D eigenvalue weighted by atomic mass is 16.2. The molecular weight excluding hydrogens is 242 g/mol. The van der Waals surface area contributed by atoms with Gasteiger partial charge in [-0.15, -0.1) is 0 Å². The van der Waals surface area contributed by atoms with E-state index in [1.165, 1.54) is 0 Å². The highest BCUT2D eigenvalue weighted by Gasteiger charge is 2.30. The first-order valence-corrected chi connectivity index (χ1v) is 7.38. The number of nitrogens with one attached hydrogen (secondary N) is 2. The quantitative estimate of drug-likeness (QED) is 0.611. The molecule has 1 aliphatic carbocycles. The van der Waals surface area contributed by atoms with Gasteiger partial charge in [0.1, 0.15) is 0 Å². The average molecular weight is 269 g/mol. The summed E-state index contributed by atoms with van der Waals surface area (Å²) in [6.07, 6.45) is 3.63. The summed E-state index contributed by atoms with van der Waals surface area (Å²) in [5.41, 5.74) is 0. The summed E-state index contributed by atoms with van der Waals surface area (Å²) >= 11 is 0. The second-order valence-electron chi connectivity index (χ2n) is 5.21. The highest BCUT2D eigenvalue weighted by Crippen LogP contribution is 2.26. The van der Waals surface area contributed by atoms with Crippen LogP contribution >= 0.6 is 0 Å². The van der Waals surface area contributed by atoms with Gasteiger partial charge in [-0.3, -0.25) is 9.59 Å². The number of carbonyl (C=O) groups is 2. The van der Waals surface area contributed by atoms with E-state index in [2.05, 4.69) is 10.6 Å². The maximum atomic E-state index is 11.9. The third-order valence-electron chi connectivity index (χ3n) is 3.47. The molecule has 0 aromatic carbocycles. The van der Waals surface area contributed by atoms with Crippen LogP contribution in [0.25, 0.3) is 0 Å². The SMILES string of the molecule is CCC(C)NC(=O)CCNCC(=O)N(CC)C1CC1. The molecule has 1 aliphatic rings. The van der Waals surface area contributed by atoms with Crippen molar-refractivity contribution in [3.63, 3.8) is 0 Å². The van der Waals surface area contributed by atoms with Crippen molar-refractivity contribution < 1.29 is 9.59 Å². The summed E-state index contributed by atoms with van der Waals surface area (Å²) in [7, 11) is 0. The van der Waals surface area contributed by atoms with Crippen LogP contribution in [0.1, 0.15) is 46.5 Å². The van der Waals surface area contributed by atoms with Crippen LogP contribution in [0.2, 0.25) is 0 Å². The minimum Gasteiger partial charge on any atom is -0.354 e. The molecule has 0 aliphatic heterocycles. The molecule has 0 aromatic rings.